The number of amides is 2. The number of ether oxygens (including phenoxy) is 1. The van der Waals surface area contributed by atoms with Gasteiger partial charge in [0.05, 0.1) is 20.1 Å². The molecule has 0 heterocycles. The molecule has 0 unspecified atom stereocenters. The minimum atomic E-state index is -0.464. The number of carbonyl (C=O) groups is 2. The van der Waals surface area contributed by atoms with Crippen LogP contribution in [0.4, 0.5) is 15.8 Å². The van der Waals surface area contributed by atoms with Crippen LogP contribution in [0.15, 0.2) is 97.1 Å². The second-order valence-electron chi connectivity index (χ2n) is 8.51. The highest BCUT2D eigenvalue weighted by Crippen LogP contribution is 2.22. The van der Waals surface area contributed by atoms with Crippen molar-refractivity contribution in [3.63, 3.8) is 0 Å². The fourth-order valence-electron chi connectivity index (χ4n) is 3.79. The lowest BCUT2D eigenvalue weighted by Crippen LogP contribution is -2.30. The molecule has 0 aromatic heterocycles. The molecule has 0 aliphatic carbocycles. The van der Waals surface area contributed by atoms with Crippen LogP contribution in [0.5, 0.6) is 5.75 Å². The van der Waals surface area contributed by atoms with Crippen LogP contribution in [0.1, 0.15) is 27.0 Å². The van der Waals surface area contributed by atoms with Crippen LogP contribution < -0.4 is 15.0 Å². The predicted octanol–water partition coefficient (Wildman–Crippen LogP) is 6.17. The molecule has 6 heteroatoms. The molecule has 0 saturated carbocycles. The van der Waals surface area contributed by atoms with Crippen LogP contribution in [-0.4, -0.2) is 18.9 Å². The molecule has 0 aliphatic heterocycles. The Morgan fingerprint density at radius 1 is 0.861 bits per heavy atom. The molecule has 0 aliphatic rings. The summed E-state index contributed by atoms with van der Waals surface area (Å²) in [5.74, 6) is -0.207. The molecule has 1 N–H and O–H groups in total. The van der Waals surface area contributed by atoms with Gasteiger partial charge in [0, 0.05) is 16.9 Å². The number of halogens is 1. The summed E-state index contributed by atoms with van der Waals surface area (Å²) in [7, 11) is 1.59. The van der Waals surface area contributed by atoms with Crippen molar-refractivity contribution in [2.24, 2.45) is 0 Å². The van der Waals surface area contributed by atoms with Gasteiger partial charge in [0.2, 0.25) is 5.91 Å². The lowest BCUT2D eigenvalue weighted by molar-refractivity contribution is -0.115. The summed E-state index contributed by atoms with van der Waals surface area (Å²) in [5.41, 5.74) is 4.49. The lowest BCUT2D eigenvalue weighted by Gasteiger charge is -2.24. The zero-order chi connectivity index (χ0) is 25.5. The maximum Gasteiger partial charge on any atom is 0.258 e. The fraction of sp³-hybridized carbons (Fsp3) is 0.133. The smallest absolute Gasteiger partial charge is 0.258 e. The van der Waals surface area contributed by atoms with Crippen molar-refractivity contribution >= 4 is 23.2 Å². The molecule has 36 heavy (non-hydrogen) atoms. The maximum atomic E-state index is 13.8. The Kier molecular flexibility index (Phi) is 7.75. The molecule has 0 spiro atoms. The van der Waals surface area contributed by atoms with Crippen molar-refractivity contribution < 1.29 is 18.7 Å². The predicted molar refractivity (Wildman–Crippen MR) is 140 cm³/mol. The highest BCUT2D eigenvalue weighted by molar-refractivity contribution is 6.06. The zero-order valence-corrected chi connectivity index (χ0v) is 20.2. The topological polar surface area (TPSA) is 58.6 Å². The van der Waals surface area contributed by atoms with Gasteiger partial charge in [-0.15, -0.1) is 0 Å². The van der Waals surface area contributed by atoms with Crippen molar-refractivity contribution in [3.8, 4) is 5.75 Å². The number of hydrogen-bond acceptors (Lipinski definition) is 3. The van der Waals surface area contributed by atoms with Gasteiger partial charge in [-0.1, -0.05) is 48.0 Å². The summed E-state index contributed by atoms with van der Waals surface area (Å²) in [4.78, 5) is 27.5. The summed E-state index contributed by atoms with van der Waals surface area (Å²) in [5, 5.41) is 2.87. The van der Waals surface area contributed by atoms with E-state index in [0.717, 1.165) is 16.7 Å². The van der Waals surface area contributed by atoms with Gasteiger partial charge in [-0.2, -0.15) is 0 Å². The van der Waals surface area contributed by atoms with Gasteiger partial charge in [-0.05, 0) is 72.6 Å². The van der Waals surface area contributed by atoms with Gasteiger partial charge in [-0.25, -0.2) is 4.39 Å². The van der Waals surface area contributed by atoms with Crippen LogP contribution in [0.25, 0.3) is 0 Å². The first-order chi connectivity index (χ1) is 17.4. The monoisotopic (exact) mass is 482 g/mol. The van der Waals surface area contributed by atoms with Gasteiger partial charge in [0.25, 0.3) is 5.91 Å². The molecule has 0 atom stereocenters. The maximum absolute atomic E-state index is 13.8. The Labute approximate surface area is 210 Å². The number of methoxy groups -OCH3 is 1. The molecule has 4 rings (SSSR count). The Morgan fingerprint density at radius 3 is 2.17 bits per heavy atom. The molecule has 4 aromatic rings. The second-order valence-corrected chi connectivity index (χ2v) is 8.51. The average molecular weight is 483 g/mol. The molecule has 2 amide bonds. The SMILES string of the molecule is COc1ccc(NC(=O)Cc2ccc(N(Cc3ccc(C)cc3)C(=O)c3cccc(F)c3)cc2)cc1. The Bertz CT molecular complexity index is 1330. The van der Waals surface area contributed by atoms with Crippen molar-refractivity contribution in [1.82, 2.24) is 0 Å². The highest BCUT2D eigenvalue weighted by Gasteiger charge is 2.19. The fourth-order valence-corrected chi connectivity index (χ4v) is 3.79. The molecule has 0 saturated heterocycles. The van der Waals surface area contributed by atoms with Crippen LogP contribution in [0.3, 0.4) is 0 Å². The number of benzene rings is 4. The van der Waals surface area contributed by atoms with Gasteiger partial charge in [-0.3, -0.25) is 9.59 Å². The molecule has 182 valence electrons. The van der Waals surface area contributed by atoms with E-state index in [1.165, 1.54) is 18.2 Å². The summed E-state index contributed by atoms with van der Waals surface area (Å²) >= 11 is 0. The molecular formula is C30H27FN2O3. The van der Waals surface area contributed by atoms with Crippen molar-refractivity contribution in [2.75, 3.05) is 17.3 Å². The highest BCUT2D eigenvalue weighted by atomic mass is 19.1. The molecule has 0 fully saturated rings. The van der Waals surface area contributed by atoms with Gasteiger partial charge in [0.1, 0.15) is 11.6 Å². The first-order valence-electron chi connectivity index (χ1n) is 11.6. The van der Waals surface area contributed by atoms with Gasteiger partial charge in [0.15, 0.2) is 0 Å². The van der Waals surface area contributed by atoms with Crippen LogP contribution in [0.2, 0.25) is 0 Å². The third kappa shape index (κ3) is 6.36. The van der Waals surface area contributed by atoms with Crippen molar-refractivity contribution in [3.05, 3.63) is 125 Å². The Hall–Kier alpha value is -4.45. The van der Waals surface area contributed by atoms with Crippen molar-refractivity contribution in [1.29, 1.82) is 0 Å². The third-order valence-electron chi connectivity index (χ3n) is 5.76. The number of nitrogens with one attached hydrogen (secondary N) is 1. The summed E-state index contributed by atoms with van der Waals surface area (Å²) in [6.07, 6.45) is 0.183. The summed E-state index contributed by atoms with van der Waals surface area (Å²) < 4.78 is 19.0. The Balaban J connectivity index is 1.51. The van der Waals surface area contributed by atoms with Crippen molar-refractivity contribution in [2.45, 2.75) is 19.9 Å². The van der Waals surface area contributed by atoms with E-state index in [4.69, 9.17) is 4.74 Å². The number of anilines is 2. The number of rotatable bonds is 8. The van der Waals surface area contributed by atoms with Gasteiger partial charge >= 0.3 is 0 Å². The number of carbonyl (C=O) groups excluding carboxylic acids is 2. The normalized spacial score (nSPS) is 10.5. The van der Waals surface area contributed by atoms with Gasteiger partial charge < -0.3 is 15.0 Å². The average Bonchev–Trinajstić information content (AvgIpc) is 2.89. The van der Waals surface area contributed by atoms with Crippen LogP contribution in [-0.2, 0) is 17.8 Å². The van der Waals surface area contributed by atoms with E-state index in [0.29, 0.717) is 23.7 Å². The first kappa shape index (κ1) is 24.7. The van der Waals surface area contributed by atoms with E-state index in [-0.39, 0.29) is 23.8 Å². The number of aryl methyl sites for hydroxylation is 1. The quantitative estimate of drug-likeness (QED) is 0.327. The lowest BCUT2D eigenvalue weighted by atomic mass is 10.1. The third-order valence-corrected chi connectivity index (χ3v) is 5.76. The first-order valence-corrected chi connectivity index (χ1v) is 11.6. The van der Waals surface area contributed by atoms with E-state index in [1.807, 2.05) is 43.3 Å². The summed E-state index contributed by atoms with van der Waals surface area (Å²) in [6.45, 7) is 2.33. The standard InChI is InChI=1S/C30H27FN2O3/c1-21-6-8-23(9-7-21)20-33(30(35)24-4-3-5-25(31)19-24)27-14-10-22(11-15-27)18-29(34)32-26-12-16-28(36-2)17-13-26/h3-17,19H,18,20H2,1-2H3,(H,32,34). The molecule has 0 bridgehead atoms. The zero-order valence-electron chi connectivity index (χ0n) is 20.2. The Morgan fingerprint density at radius 2 is 1.53 bits per heavy atom. The van der Waals surface area contributed by atoms with E-state index in [1.54, 1.807) is 54.5 Å². The number of hydrogen-bond donors (Lipinski definition) is 1. The molecule has 4 aromatic carbocycles. The minimum Gasteiger partial charge on any atom is -0.497 e. The molecular weight excluding hydrogens is 455 g/mol. The number of nitrogens with zero attached hydrogens (tertiary/aromatic N) is 1. The largest absolute Gasteiger partial charge is 0.497 e. The van der Waals surface area contributed by atoms with E-state index in [9.17, 15) is 14.0 Å². The summed E-state index contributed by atoms with van der Waals surface area (Å²) in [6, 6.07) is 28.0. The van der Waals surface area contributed by atoms with E-state index >= 15 is 0 Å². The molecule has 0 radical (unpaired) electrons. The molecule has 5 nitrogen and oxygen atoms in total. The van der Waals surface area contributed by atoms with E-state index in [2.05, 4.69) is 5.32 Å². The van der Waals surface area contributed by atoms with Crippen LogP contribution >= 0.6 is 0 Å². The second kappa shape index (κ2) is 11.3. The minimum absolute atomic E-state index is 0.153. The van der Waals surface area contributed by atoms with E-state index < -0.39 is 5.82 Å². The van der Waals surface area contributed by atoms with Crippen LogP contribution in [0, 0.1) is 12.7 Å².